The standard InChI is InChI=1S/C15H22N2O3S2/c1-10-9-13(22(16,19)20)21-14(10)15(18)17-8-4-6-11-5-2-3-7-12(11)17/h9,11-12H,2-8H2,1H3,(H2,16,19,20). The molecule has 1 aromatic rings. The summed E-state index contributed by atoms with van der Waals surface area (Å²) in [5.74, 6) is 0.596. The Hall–Kier alpha value is -0.920. The molecule has 2 N–H and O–H groups in total. The molecule has 5 nitrogen and oxygen atoms in total. The Morgan fingerprint density at radius 1 is 1.27 bits per heavy atom. The van der Waals surface area contributed by atoms with Gasteiger partial charge in [-0.05, 0) is 50.2 Å². The molecule has 0 bridgehead atoms. The zero-order valence-electron chi connectivity index (χ0n) is 12.7. The van der Waals surface area contributed by atoms with E-state index in [9.17, 15) is 13.2 Å². The van der Waals surface area contributed by atoms with Crippen LogP contribution in [0.5, 0.6) is 0 Å². The highest BCUT2D eigenvalue weighted by Gasteiger charge is 2.37. The predicted octanol–water partition coefficient (Wildman–Crippen LogP) is 2.50. The second-order valence-corrected chi connectivity index (χ2v) is 9.22. The van der Waals surface area contributed by atoms with Crippen LogP contribution in [-0.4, -0.2) is 31.8 Å². The van der Waals surface area contributed by atoms with Gasteiger partial charge in [0.2, 0.25) is 10.0 Å². The van der Waals surface area contributed by atoms with Gasteiger partial charge in [-0.1, -0.05) is 12.8 Å². The van der Waals surface area contributed by atoms with Crippen LogP contribution in [0.4, 0.5) is 0 Å². The van der Waals surface area contributed by atoms with E-state index in [0.29, 0.717) is 22.4 Å². The lowest BCUT2D eigenvalue weighted by Gasteiger charge is -2.44. The molecule has 2 fully saturated rings. The Balaban J connectivity index is 1.88. The number of thiophene rings is 1. The first kappa shape index (κ1) is 16.0. The van der Waals surface area contributed by atoms with Crippen LogP contribution in [0.2, 0.25) is 0 Å². The summed E-state index contributed by atoms with van der Waals surface area (Å²) < 4.78 is 23.1. The largest absolute Gasteiger partial charge is 0.335 e. The molecule has 2 unspecified atom stereocenters. The van der Waals surface area contributed by atoms with Crippen molar-refractivity contribution in [2.75, 3.05) is 6.54 Å². The van der Waals surface area contributed by atoms with Gasteiger partial charge in [0, 0.05) is 12.6 Å². The van der Waals surface area contributed by atoms with Crippen LogP contribution in [0.3, 0.4) is 0 Å². The molecule has 1 saturated heterocycles. The van der Waals surface area contributed by atoms with Crippen molar-refractivity contribution in [1.29, 1.82) is 0 Å². The highest BCUT2D eigenvalue weighted by molar-refractivity contribution is 7.91. The van der Waals surface area contributed by atoms with Gasteiger partial charge in [-0.2, -0.15) is 0 Å². The van der Waals surface area contributed by atoms with Gasteiger partial charge in [0.25, 0.3) is 5.91 Å². The summed E-state index contributed by atoms with van der Waals surface area (Å²) in [7, 11) is -3.74. The third-order valence-electron chi connectivity index (χ3n) is 4.87. The third-order valence-corrected chi connectivity index (χ3v) is 7.52. The third kappa shape index (κ3) is 2.94. The minimum absolute atomic E-state index is 0.0194. The summed E-state index contributed by atoms with van der Waals surface area (Å²) in [5, 5.41) is 5.18. The van der Waals surface area contributed by atoms with Crippen molar-refractivity contribution in [3.63, 3.8) is 0 Å². The lowest BCUT2D eigenvalue weighted by atomic mass is 9.78. The minimum atomic E-state index is -3.74. The van der Waals surface area contributed by atoms with E-state index in [-0.39, 0.29) is 10.1 Å². The number of likely N-dealkylation sites (tertiary alicyclic amines) is 1. The lowest BCUT2D eigenvalue weighted by molar-refractivity contribution is 0.0394. The molecule has 2 heterocycles. The molecule has 2 atom stereocenters. The van der Waals surface area contributed by atoms with Gasteiger partial charge in [0.15, 0.2) is 0 Å². The first-order valence-electron chi connectivity index (χ1n) is 7.82. The number of primary sulfonamides is 1. The normalized spacial score (nSPS) is 25.8. The van der Waals surface area contributed by atoms with Crippen molar-refractivity contribution in [3.05, 3.63) is 16.5 Å². The van der Waals surface area contributed by atoms with E-state index in [2.05, 4.69) is 0 Å². The fraction of sp³-hybridized carbons (Fsp3) is 0.667. The fourth-order valence-corrected chi connectivity index (χ4v) is 5.73. The lowest BCUT2D eigenvalue weighted by Crippen LogP contribution is -2.49. The second kappa shape index (κ2) is 5.94. The van der Waals surface area contributed by atoms with Crippen molar-refractivity contribution in [3.8, 4) is 0 Å². The summed E-state index contributed by atoms with van der Waals surface area (Å²) in [5.41, 5.74) is 0.706. The molecule has 1 amide bonds. The zero-order valence-corrected chi connectivity index (χ0v) is 14.4. The van der Waals surface area contributed by atoms with Gasteiger partial charge in [0.05, 0.1) is 4.88 Å². The SMILES string of the molecule is Cc1cc(S(N)(=O)=O)sc1C(=O)N1CCCC2CCCCC21. The number of hydrogen-bond donors (Lipinski definition) is 1. The molecule has 122 valence electrons. The molecule has 0 aromatic carbocycles. The smallest absolute Gasteiger partial charge is 0.264 e. The molecule has 1 saturated carbocycles. The summed E-state index contributed by atoms with van der Waals surface area (Å²) >= 11 is 1.00. The highest BCUT2D eigenvalue weighted by Crippen LogP contribution is 2.37. The number of carbonyl (C=O) groups excluding carboxylic acids is 1. The van der Waals surface area contributed by atoms with E-state index in [0.717, 1.165) is 30.7 Å². The number of amides is 1. The van der Waals surface area contributed by atoms with Crippen LogP contribution >= 0.6 is 11.3 Å². The van der Waals surface area contributed by atoms with Crippen LogP contribution < -0.4 is 5.14 Å². The maximum atomic E-state index is 12.9. The molecule has 1 aliphatic carbocycles. The fourth-order valence-electron chi connectivity index (χ4n) is 3.81. The summed E-state index contributed by atoms with van der Waals surface area (Å²) in [4.78, 5) is 15.4. The number of hydrogen-bond acceptors (Lipinski definition) is 4. The van der Waals surface area contributed by atoms with E-state index in [1.807, 2.05) is 4.90 Å². The summed E-state index contributed by atoms with van der Waals surface area (Å²) in [6.07, 6.45) is 6.97. The first-order chi connectivity index (χ1) is 10.4. The number of piperidine rings is 1. The number of sulfonamides is 1. The number of nitrogens with two attached hydrogens (primary N) is 1. The first-order valence-corrected chi connectivity index (χ1v) is 10.2. The van der Waals surface area contributed by atoms with Crippen molar-refractivity contribution >= 4 is 27.3 Å². The van der Waals surface area contributed by atoms with Gasteiger partial charge in [-0.25, -0.2) is 13.6 Å². The number of nitrogens with zero attached hydrogens (tertiary/aromatic N) is 1. The molecule has 7 heteroatoms. The van der Waals surface area contributed by atoms with E-state index in [4.69, 9.17) is 5.14 Å². The molecule has 1 aliphatic heterocycles. The number of fused-ring (bicyclic) bond motifs is 1. The van der Waals surface area contributed by atoms with Crippen molar-refractivity contribution in [1.82, 2.24) is 4.90 Å². The summed E-state index contributed by atoms with van der Waals surface area (Å²) in [6.45, 7) is 2.56. The van der Waals surface area contributed by atoms with Gasteiger partial charge in [0.1, 0.15) is 4.21 Å². The summed E-state index contributed by atoms with van der Waals surface area (Å²) in [6, 6.07) is 1.84. The molecule has 1 aromatic heterocycles. The van der Waals surface area contributed by atoms with Gasteiger partial charge in [-0.3, -0.25) is 4.79 Å². The number of rotatable bonds is 2. The average Bonchev–Trinajstić information content (AvgIpc) is 2.88. The van der Waals surface area contributed by atoms with Crippen LogP contribution in [-0.2, 0) is 10.0 Å². The highest BCUT2D eigenvalue weighted by atomic mass is 32.2. The average molecular weight is 342 g/mol. The number of aryl methyl sites for hydroxylation is 1. The van der Waals surface area contributed by atoms with Crippen LogP contribution in [0.1, 0.15) is 53.8 Å². The van der Waals surface area contributed by atoms with Gasteiger partial charge in [-0.15, -0.1) is 11.3 Å². The Morgan fingerprint density at radius 3 is 2.64 bits per heavy atom. The molecule has 22 heavy (non-hydrogen) atoms. The Bertz CT molecular complexity index is 679. The maximum absolute atomic E-state index is 12.9. The van der Waals surface area contributed by atoms with E-state index in [1.54, 1.807) is 6.92 Å². The molecule has 3 rings (SSSR count). The minimum Gasteiger partial charge on any atom is -0.335 e. The van der Waals surface area contributed by atoms with Gasteiger partial charge >= 0.3 is 0 Å². The Morgan fingerprint density at radius 2 is 1.95 bits per heavy atom. The van der Waals surface area contributed by atoms with Crippen molar-refractivity contribution < 1.29 is 13.2 Å². The molecule has 2 aliphatic rings. The Labute approximate surface area is 135 Å². The van der Waals surface area contributed by atoms with Gasteiger partial charge < -0.3 is 4.90 Å². The molecular weight excluding hydrogens is 320 g/mol. The van der Waals surface area contributed by atoms with Crippen LogP contribution in [0.25, 0.3) is 0 Å². The van der Waals surface area contributed by atoms with E-state index < -0.39 is 10.0 Å². The van der Waals surface area contributed by atoms with Crippen molar-refractivity contribution in [2.45, 2.75) is 55.7 Å². The van der Waals surface area contributed by atoms with Crippen LogP contribution in [0.15, 0.2) is 10.3 Å². The number of carbonyl (C=O) groups is 1. The topological polar surface area (TPSA) is 80.5 Å². The molecular formula is C15H22N2O3S2. The monoisotopic (exact) mass is 342 g/mol. The molecule has 0 spiro atoms. The predicted molar refractivity (Wildman–Crippen MR) is 86.4 cm³/mol. The quantitative estimate of drug-likeness (QED) is 0.896. The second-order valence-electron chi connectivity index (χ2n) is 6.38. The zero-order chi connectivity index (χ0) is 15.9. The van der Waals surface area contributed by atoms with E-state index >= 15 is 0 Å². The van der Waals surface area contributed by atoms with Crippen molar-refractivity contribution in [2.24, 2.45) is 11.1 Å². The molecule has 0 radical (unpaired) electrons. The maximum Gasteiger partial charge on any atom is 0.264 e. The Kier molecular flexibility index (Phi) is 4.31. The van der Waals surface area contributed by atoms with E-state index in [1.165, 1.54) is 31.7 Å². The van der Waals surface area contributed by atoms with Crippen LogP contribution in [0, 0.1) is 12.8 Å².